The van der Waals surface area contributed by atoms with E-state index >= 15 is 0 Å². The largest absolute Gasteiger partial charge is 0.461 e. The van der Waals surface area contributed by atoms with Gasteiger partial charge in [-0.3, -0.25) is 0 Å². The first kappa shape index (κ1) is 10.5. The van der Waals surface area contributed by atoms with Crippen LogP contribution in [-0.4, -0.2) is 19.6 Å². The van der Waals surface area contributed by atoms with E-state index in [2.05, 4.69) is 15.1 Å². The van der Waals surface area contributed by atoms with Gasteiger partial charge < -0.3 is 4.42 Å². The summed E-state index contributed by atoms with van der Waals surface area (Å²) in [6, 6.07) is 9.64. The Morgan fingerprint density at radius 3 is 2.95 bits per heavy atom. The first-order valence-corrected chi connectivity index (χ1v) is 6.59. The van der Waals surface area contributed by atoms with Crippen molar-refractivity contribution in [1.29, 1.82) is 0 Å². The van der Waals surface area contributed by atoms with Gasteiger partial charge in [-0.25, -0.2) is 4.98 Å². The van der Waals surface area contributed by atoms with Gasteiger partial charge in [0.15, 0.2) is 5.76 Å². The van der Waals surface area contributed by atoms with Gasteiger partial charge in [-0.1, -0.05) is 6.07 Å². The molecule has 0 aromatic carbocycles. The summed E-state index contributed by atoms with van der Waals surface area (Å²) >= 11 is 1.66. The number of fused-ring (bicyclic) bond motifs is 1. The normalized spacial score (nSPS) is 11.2. The Morgan fingerprint density at radius 1 is 1.16 bits per heavy atom. The van der Waals surface area contributed by atoms with Gasteiger partial charge in [-0.05, 0) is 29.6 Å². The van der Waals surface area contributed by atoms with Gasteiger partial charge in [-0.2, -0.15) is 9.50 Å². The molecule has 0 radical (unpaired) electrons. The summed E-state index contributed by atoms with van der Waals surface area (Å²) in [5.41, 5.74) is 0.977. The number of furan rings is 1. The van der Waals surface area contributed by atoms with Crippen molar-refractivity contribution in [3.05, 3.63) is 48.2 Å². The second-order valence-corrected chi connectivity index (χ2v) is 4.88. The zero-order valence-electron chi connectivity index (χ0n) is 9.72. The van der Waals surface area contributed by atoms with E-state index in [1.54, 1.807) is 28.3 Å². The Hall–Kier alpha value is -2.47. The summed E-state index contributed by atoms with van der Waals surface area (Å²) in [5, 5.41) is 6.50. The van der Waals surface area contributed by atoms with E-state index in [1.807, 2.05) is 35.7 Å². The van der Waals surface area contributed by atoms with Crippen LogP contribution in [-0.2, 0) is 0 Å². The molecule has 0 atom stereocenters. The molecule has 0 aliphatic rings. The van der Waals surface area contributed by atoms with E-state index in [9.17, 15) is 0 Å². The Kier molecular flexibility index (Phi) is 2.22. The zero-order valence-corrected chi connectivity index (χ0v) is 10.5. The van der Waals surface area contributed by atoms with Crippen LogP contribution in [0.3, 0.4) is 0 Å². The van der Waals surface area contributed by atoms with E-state index in [4.69, 9.17) is 4.42 Å². The summed E-state index contributed by atoms with van der Waals surface area (Å²) in [4.78, 5) is 9.74. The second-order valence-electron chi connectivity index (χ2n) is 3.93. The number of hydrogen-bond acceptors (Lipinski definition) is 5. The van der Waals surface area contributed by atoms with Crippen molar-refractivity contribution in [1.82, 2.24) is 19.6 Å². The molecule has 0 saturated heterocycles. The molecule has 4 heterocycles. The molecule has 0 bridgehead atoms. The van der Waals surface area contributed by atoms with Gasteiger partial charge in [0.2, 0.25) is 5.82 Å². The maximum atomic E-state index is 5.32. The molecule has 4 aromatic rings. The fourth-order valence-electron chi connectivity index (χ4n) is 1.92. The molecular formula is C13H8N4OS. The number of rotatable bonds is 2. The lowest BCUT2D eigenvalue weighted by molar-refractivity contribution is 0.577. The van der Waals surface area contributed by atoms with Crippen LogP contribution in [0.15, 0.2) is 52.6 Å². The maximum absolute atomic E-state index is 5.32. The van der Waals surface area contributed by atoms with Crippen LogP contribution >= 0.6 is 11.3 Å². The lowest BCUT2D eigenvalue weighted by Gasteiger charge is -1.98. The molecule has 4 rings (SSSR count). The Morgan fingerprint density at radius 2 is 2.16 bits per heavy atom. The van der Waals surface area contributed by atoms with Crippen molar-refractivity contribution < 1.29 is 4.42 Å². The van der Waals surface area contributed by atoms with E-state index in [1.165, 1.54) is 0 Å². The van der Waals surface area contributed by atoms with Crippen LogP contribution in [0.25, 0.3) is 27.9 Å². The molecule has 0 spiro atoms. The lowest BCUT2D eigenvalue weighted by atomic mass is 10.3. The van der Waals surface area contributed by atoms with Gasteiger partial charge in [-0.15, -0.1) is 16.4 Å². The fraction of sp³-hybridized carbons (Fsp3) is 0. The van der Waals surface area contributed by atoms with Gasteiger partial charge in [0, 0.05) is 6.20 Å². The van der Waals surface area contributed by atoms with E-state index < -0.39 is 0 Å². The topological polar surface area (TPSA) is 56.2 Å². The summed E-state index contributed by atoms with van der Waals surface area (Å²) < 4.78 is 7.06. The zero-order chi connectivity index (χ0) is 12.7. The van der Waals surface area contributed by atoms with Crippen molar-refractivity contribution in [3.8, 4) is 22.2 Å². The third-order valence-electron chi connectivity index (χ3n) is 2.76. The SMILES string of the molecule is c1coc(-c2nc3nccc(-c4cccs4)n3n2)c1. The average Bonchev–Trinajstić information content (AvgIpc) is 3.18. The molecule has 6 heteroatoms. The highest BCUT2D eigenvalue weighted by atomic mass is 32.1. The Bertz CT molecular complexity index is 818. The van der Waals surface area contributed by atoms with Gasteiger partial charge in [0.1, 0.15) is 0 Å². The van der Waals surface area contributed by atoms with Crippen molar-refractivity contribution in [2.45, 2.75) is 0 Å². The standard InChI is InChI=1S/C13H8N4OS/c1-3-10(18-7-1)12-15-13-14-6-5-9(17(13)16-12)11-4-2-8-19-11/h1-8H. The van der Waals surface area contributed by atoms with Crippen LogP contribution in [0.5, 0.6) is 0 Å². The number of aromatic nitrogens is 4. The van der Waals surface area contributed by atoms with Crippen molar-refractivity contribution in [2.24, 2.45) is 0 Å². The highest BCUT2D eigenvalue weighted by Gasteiger charge is 2.13. The van der Waals surface area contributed by atoms with Crippen molar-refractivity contribution >= 4 is 17.1 Å². The minimum Gasteiger partial charge on any atom is -0.461 e. The highest BCUT2D eigenvalue weighted by molar-refractivity contribution is 7.13. The number of hydrogen-bond donors (Lipinski definition) is 0. The third kappa shape index (κ3) is 1.65. The maximum Gasteiger partial charge on any atom is 0.253 e. The predicted octanol–water partition coefficient (Wildman–Crippen LogP) is 3.11. The summed E-state index contributed by atoms with van der Waals surface area (Å²) in [6.45, 7) is 0. The van der Waals surface area contributed by atoms with E-state index in [0.29, 0.717) is 17.4 Å². The van der Waals surface area contributed by atoms with Crippen LogP contribution < -0.4 is 0 Å². The molecule has 19 heavy (non-hydrogen) atoms. The molecule has 0 N–H and O–H groups in total. The third-order valence-corrected chi connectivity index (χ3v) is 3.65. The molecule has 0 aliphatic heterocycles. The minimum absolute atomic E-state index is 0.543. The predicted molar refractivity (Wildman–Crippen MR) is 71.8 cm³/mol. The molecule has 5 nitrogen and oxygen atoms in total. The van der Waals surface area contributed by atoms with Crippen LogP contribution in [0.2, 0.25) is 0 Å². The van der Waals surface area contributed by atoms with Gasteiger partial charge in [0.05, 0.1) is 16.8 Å². The molecular weight excluding hydrogens is 260 g/mol. The van der Waals surface area contributed by atoms with Crippen molar-refractivity contribution in [3.63, 3.8) is 0 Å². The van der Waals surface area contributed by atoms with E-state index in [0.717, 1.165) is 10.6 Å². The van der Waals surface area contributed by atoms with Crippen molar-refractivity contribution in [2.75, 3.05) is 0 Å². The van der Waals surface area contributed by atoms with Crippen LogP contribution in [0.1, 0.15) is 0 Å². The van der Waals surface area contributed by atoms with Crippen LogP contribution in [0, 0.1) is 0 Å². The summed E-state index contributed by atoms with van der Waals surface area (Å²) in [7, 11) is 0. The number of nitrogens with zero attached hydrogens (tertiary/aromatic N) is 4. The quantitative estimate of drug-likeness (QED) is 0.560. The Labute approximate surface area is 112 Å². The molecule has 0 amide bonds. The molecule has 0 unspecified atom stereocenters. The summed E-state index contributed by atoms with van der Waals surface area (Å²) in [5.74, 6) is 1.75. The first-order chi connectivity index (χ1) is 9.42. The van der Waals surface area contributed by atoms with Gasteiger partial charge >= 0.3 is 0 Å². The Balaban J connectivity index is 1.97. The monoisotopic (exact) mass is 268 g/mol. The number of thiophene rings is 1. The van der Waals surface area contributed by atoms with Gasteiger partial charge in [0.25, 0.3) is 5.78 Å². The summed E-state index contributed by atoms with van der Waals surface area (Å²) in [6.07, 6.45) is 3.35. The van der Waals surface area contributed by atoms with Crippen LogP contribution in [0.4, 0.5) is 0 Å². The molecule has 0 aliphatic carbocycles. The fourth-order valence-corrected chi connectivity index (χ4v) is 2.65. The first-order valence-electron chi connectivity index (χ1n) is 5.71. The highest BCUT2D eigenvalue weighted by Crippen LogP contribution is 2.25. The smallest absolute Gasteiger partial charge is 0.253 e. The average molecular weight is 268 g/mol. The molecule has 0 saturated carbocycles. The molecule has 92 valence electrons. The lowest BCUT2D eigenvalue weighted by Crippen LogP contribution is -1.94. The molecule has 0 fully saturated rings. The molecule has 4 aromatic heterocycles. The second kappa shape index (κ2) is 4.03. The van der Waals surface area contributed by atoms with E-state index in [-0.39, 0.29) is 0 Å². The minimum atomic E-state index is 0.543.